The van der Waals surface area contributed by atoms with Crippen molar-refractivity contribution in [2.45, 2.75) is 51.1 Å². The SMILES string of the molecule is COc1cccc(C)c1C(=O)NC1CCCC1N1CCCC1. The molecule has 1 saturated heterocycles. The summed E-state index contributed by atoms with van der Waals surface area (Å²) in [5, 5.41) is 3.28. The molecule has 1 saturated carbocycles. The van der Waals surface area contributed by atoms with Crippen molar-refractivity contribution >= 4 is 5.91 Å². The van der Waals surface area contributed by atoms with E-state index >= 15 is 0 Å². The molecule has 4 nitrogen and oxygen atoms in total. The molecule has 0 bridgehead atoms. The maximum atomic E-state index is 12.8. The lowest BCUT2D eigenvalue weighted by molar-refractivity contribution is 0.0908. The van der Waals surface area contributed by atoms with Crippen LogP contribution < -0.4 is 10.1 Å². The lowest BCUT2D eigenvalue weighted by Gasteiger charge is -2.30. The van der Waals surface area contributed by atoms with Gasteiger partial charge >= 0.3 is 0 Å². The Hall–Kier alpha value is -1.55. The highest BCUT2D eigenvalue weighted by Crippen LogP contribution is 2.28. The normalized spacial score (nSPS) is 25.4. The predicted octanol–water partition coefficient (Wildman–Crippen LogP) is 2.75. The molecule has 0 spiro atoms. The van der Waals surface area contributed by atoms with Gasteiger partial charge in [0.15, 0.2) is 0 Å². The Morgan fingerprint density at radius 3 is 2.73 bits per heavy atom. The molecule has 1 N–H and O–H groups in total. The molecule has 2 unspecified atom stereocenters. The summed E-state index contributed by atoms with van der Waals surface area (Å²) in [6, 6.07) is 6.53. The number of amides is 1. The monoisotopic (exact) mass is 302 g/mol. The van der Waals surface area contributed by atoms with E-state index in [-0.39, 0.29) is 11.9 Å². The van der Waals surface area contributed by atoms with Gasteiger partial charge in [0, 0.05) is 12.1 Å². The van der Waals surface area contributed by atoms with Gasteiger partial charge in [-0.3, -0.25) is 9.69 Å². The molecule has 0 radical (unpaired) electrons. The fraction of sp³-hybridized carbons (Fsp3) is 0.611. The van der Waals surface area contributed by atoms with Crippen molar-refractivity contribution in [1.82, 2.24) is 10.2 Å². The molecule has 0 aromatic heterocycles. The van der Waals surface area contributed by atoms with Gasteiger partial charge in [0.1, 0.15) is 5.75 Å². The zero-order chi connectivity index (χ0) is 15.5. The van der Waals surface area contributed by atoms with E-state index in [1.54, 1.807) is 7.11 Å². The second kappa shape index (κ2) is 6.69. The van der Waals surface area contributed by atoms with Crippen LogP contribution in [0.4, 0.5) is 0 Å². The number of hydrogen-bond acceptors (Lipinski definition) is 3. The van der Waals surface area contributed by atoms with Gasteiger partial charge in [-0.05, 0) is 63.7 Å². The Kier molecular flexibility index (Phi) is 4.67. The van der Waals surface area contributed by atoms with Crippen LogP contribution in [0.2, 0.25) is 0 Å². The number of hydrogen-bond donors (Lipinski definition) is 1. The molecule has 22 heavy (non-hydrogen) atoms. The summed E-state index contributed by atoms with van der Waals surface area (Å²) in [4.78, 5) is 15.3. The zero-order valence-corrected chi connectivity index (χ0v) is 13.6. The number of rotatable bonds is 4. The van der Waals surface area contributed by atoms with Crippen LogP contribution in [0.3, 0.4) is 0 Å². The molecule has 1 aliphatic heterocycles. The fourth-order valence-corrected chi connectivity index (χ4v) is 3.96. The van der Waals surface area contributed by atoms with Crippen molar-refractivity contribution in [3.05, 3.63) is 29.3 Å². The summed E-state index contributed by atoms with van der Waals surface area (Å²) >= 11 is 0. The Balaban J connectivity index is 1.73. The molecule has 4 heteroatoms. The summed E-state index contributed by atoms with van der Waals surface area (Å²) in [5.74, 6) is 0.666. The van der Waals surface area contributed by atoms with Gasteiger partial charge in [0.2, 0.25) is 0 Å². The van der Waals surface area contributed by atoms with Gasteiger partial charge < -0.3 is 10.1 Å². The summed E-state index contributed by atoms with van der Waals surface area (Å²) < 4.78 is 5.37. The molecule has 1 amide bonds. The van der Waals surface area contributed by atoms with E-state index in [0.29, 0.717) is 17.4 Å². The van der Waals surface area contributed by atoms with Gasteiger partial charge in [0.25, 0.3) is 5.91 Å². The highest BCUT2D eigenvalue weighted by molar-refractivity contribution is 5.98. The van der Waals surface area contributed by atoms with Crippen molar-refractivity contribution < 1.29 is 9.53 Å². The van der Waals surface area contributed by atoms with E-state index in [2.05, 4.69) is 10.2 Å². The number of ether oxygens (including phenoxy) is 1. The third kappa shape index (κ3) is 2.98. The fourth-order valence-electron chi connectivity index (χ4n) is 3.96. The molecule has 3 rings (SSSR count). The van der Waals surface area contributed by atoms with Gasteiger partial charge in [-0.2, -0.15) is 0 Å². The van der Waals surface area contributed by atoms with Crippen LogP contribution in [0.5, 0.6) is 5.75 Å². The molecule has 120 valence electrons. The van der Waals surface area contributed by atoms with Crippen LogP contribution in [-0.4, -0.2) is 43.1 Å². The maximum Gasteiger partial charge on any atom is 0.255 e. The topological polar surface area (TPSA) is 41.6 Å². The highest BCUT2D eigenvalue weighted by atomic mass is 16.5. The Bertz CT molecular complexity index is 538. The molecule has 1 aromatic rings. The second-order valence-electron chi connectivity index (χ2n) is 6.47. The van der Waals surface area contributed by atoms with Gasteiger partial charge in [-0.25, -0.2) is 0 Å². The predicted molar refractivity (Wildman–Crippen MR) is 87.4 cm³/mol. The second-order valence-corrected chi connectivity index (χ2v) is 6.47. The molecule has 1 aromatic carbocycles. The lowest BCUT2D eigenvalue weighted by atomic mass is 10.1. The zero-order valence-electron chi connectivity index (χ0n) is 13.6. The molecule has 2 fully saturated rings. The number of nitrogens with zero attached hydrogens (tertiary/aromatic N) is 1. The molecule has 1 aliphatic carbocycles. The minimum atomic E-state index is 0.00560. The number of aryl methyl sites for hydroxylation is 1. The van der Waals surface area contributed by atoms with Gasteiger partial charge in [-0.15, -0.1) is 0 Å². The maximum absolute atomic E-state index is 12.8. The first-order valence-electron chi connectivity index (χ1n) is 8.39. The molecular formula is C18H26N2O2. The number of carbonyl (C=O) groups is 1. The van der Waals surface area contributed by atoms with Crippen molar-refractivity contribution in [3.63, 3.8) is 0 Å². The third-order valence-electron chi connectivity index (χ3n) is 5.09. The van der Waals surface area contributed by atoms with E-state index in [1.807, 2.05) is 25.1 Å². The first kappa shape index (κ1) is 15.3. The van der Waals surface area contributed by atoms with Crippen LogP contribution in [0.15, 0.2) is 18.2 Å². The van der Waals surface area contributed by atoms with E-state index in [1.165, 1.54) is 38.8 Å². The summed E-state index contributed by atoms with van der Waals surface area (Å²) in [6.45, 7) is 4.33. The third-order valence-corrected chi connectivity index (χ3v) is 5.09. The number of methoxy groups -OCH3 is 1. The highest BCUT2D eigenvalue weighted by Gasteiger charge is 2.34. The van der Waals surface area contributed by atoms with Crippen molar-refractivity contribution in [2.24, 2.45) is 0 Å². The van der Waals surface area contributed by atoms with E-state index in [0.717, 1.165) is 12.0 Å². The largest absolute Gasteiger partial charge is 0.496 e. The van der Waals surface area contributed by atoms with E-state index in [4.69, 9.17) is 4.74 Å². The number of benzene rings is 1. The van der Waals surface area contributed by atoms with Crippen LogP contribution >= 0.6 is 0 Å². The molecular weight excluding hydrogens is 276 g/mol. The van der Waals surface area contributed by atoms with Gasteiger partial charge in [-0.1, -0.05) is 12.1 Å². The smallest absolute Gasteiger partial charge is 0.255 e. The van der Waals surface area contributed by atoms with E-state index in [9.17, 15) is 4.79 Å². The molecule has 2 aliphatic rings. The average Bonchev–Trinajstić information content (AvgIpc) is 3.17. The Morgan fingerprint density at radius 1 is 1.23 bits per heavy atom. The number of nitrogens with one attached hydrogen (secondary N) is 1. The van der Waals surface area contributed by atoms with Crippen LogP contribution in [0, 0.1) is 6.92 Å². The van der Waals surface area contributed by atoms with Crippen LogP contribution in [0.25, 0.3) is 0 Å². The standard InChI is InChI=1S/C18H26N2O2/c1-13-7-5-10-16(22-2)17(13)18(21)19-14-8-6-9-15(14)20-11-3-4-12-20/h5,7,10,14-15H,3-4,6,8-9,11-12H2,1-2H3,(H,19,21). The molecule has 1 heterocycles. The molecule has 2 atom stereocenters. The van der Waals surface area contributed by atoms with Crippen molar-refractivity contribution in [3.8, 4) is 5.75 Å². The minimum Gasteiger partial charge on any atom is -0.496 e. The first-order valence-corrected chi connectivity index (χ1v) is 8.39. The Morgan fingerprint density at radius 2 is 2.00 bits per heavy atom. The average molecular weight is 302 g/mol. The number of likely N-dealkylation sites (tertiary alicyclic amines) is 1. The first-order chi connectivity index (χ1) is 10.7. The van der Waals surface area contributed by atoms with E-state index < -0.39 is 0 Å². The van der Waals surface area contributed by atoms with Crippen LogP contribution in [0.1, 0.15) is 48.0 Å². The number of carbonyl (C=O) groups excluding carboxylic acids is 1. The summed E-state index contributed by atoms with van der Waals surface area (Å²) in [6.07, 6.45) is 6.08. The Labute approximate surface area is 132 Å². The van der Waals surface area contributed by atoms with Crippen molar-refractivity contribution in [1.29, 1.82) is 0 Å². The van der Waals surface area contributed by atoms with Gasteiger partial charge in [0.05, 0.1) is 12.7 Å². The van der Waals surface area contributed by atoms with Crippen molar-refractivity contribution in [2.75, 3.05) is 20.2 Å². The van der Waals surface area contributed by atoms with Crippen LogP contribution in [-0.2, 0) is 0 Å². The summed E-state index contributed by atoms with van der Waals surface area (Å²) in [5.41, 5.74) is 1.64. The lowest BCUT2D eigenvalue weighted by Crippen LogP contribution is -2.47. The minimum absolute atomic E-state index is 0.00560. The quantitative estimate of drug-likeness (QED) is 0.930. The summed E-state index contributed by atoms with van der Waals surface area (Å²) in [7, 11) is 1.62.